The zero-order valence-electron chi connectivity index (χ0n) is 13.0. The zero-order valence-corrected chi connectivity index (χ0v) is 13.0. The Morgan fingerprint density at radius 3 is 2.65 bits per heavy atom. The standard InChI is InChI=1S/C19H19NO3/c1-22-18-12-15(11-16-9-10-20-19(16)21)7-8-17(18)23-13-14-5-3-2-4-6-14/h2-8,11-12H,9-10,13H2,1H3,(H,20,21)/b16-11+. The first-order chi connectivity index (χ1) is 11.3. The lowest BCUT2D eigenvalue weighted by Crippen LogP contribution is -2.13. The van der Waals surface area contributed by atoms with E-state index in [9.17, 15) is 4.79 Å². The maximum absolute atomic E-state index is 11.6. The first kappa shape index (κ1) is 15.2. The SMILES string of the molecule is COc1cc(/C=C2\CCNC2=O)ccc1OCc1ccccc1. The number of carbonyl (C=O) groups excluding carboxylic acids is 1. The van der Waals surface area contributed by atoms with Gasteiger partial charge in [0, 0.05) is 12.1 Å². The zero-order chi connectivity index (χ0) is 16.1. The Bertz CT molecular complexity index is 723. The summed E-state index contributed by atoms with van der Waals surface area (Å²) in [6.45, 7) is 1.19. The van der Waals surface area contributed by atoms with Crippen LogP contribution in [0.1, 0.15) is 17.5 Å². The third kappa shape index (κ3) is 3.72. The van der Waals surface area contributed by atoms with E-state index in [0.717, 1.165) is 23.1 Å². The molecule has 1 saturated heterocycles. The van der Waals surface area contributed by atoms with Gasteiger partial charge in [-0.1, -0.05) is 36.4 Å². The van der Waals surface area contributed by atoms with Crippen molar-refractivity contribution in [3.05, 3.63) is 65.2 Å². The van der Waals surface area contributed by atoms with E-state index in [0.29, 0.717) is 24.7 Å². The molecule has 1 amide bonds. The monoisotopic (exact) mass is 309 g/mol. The van der Waals surface area contributed by atoms with Crippen LogP contribution in [-0.4, -0.2) is 19.6 Å². The highest BCUT2D eigenvalue weighted by Crippen LogP contribution is 2.30. The number of hydrogen-bond donors (Lipinski definition) is 1. The molecule has 3 rings (SSSR count). The lowest BCUT2D eigenvalue weighted by atomic mass is 10.1. The Balaban J connectivity index is 1.76. The minimum atomic E-state index is 0.00775. The van der Waals surface area contributed by atoms with Crippen LogP contribution >= 0.6 is 0 Å². The molecule has 2 aromatic rings. The van der Waals surface area contributed by atoms with Crippen LogP contribution in [0.2, 0.25) is 0 Å². The van der Waals surface area contributed by atoms with E-state index >= 15 is 0 Å². The molecule has 1 aliphatic heterocycles. The fourth-order valence-electron chi connectivity index (χ4n) is 2.51. The molecule has 0 spiro atoms. The molecule has 4 heteroatoms. The Morgan fingerprint density at radius 1 is 1.13 bits per heavy atom. The molecule has 0 aromatic heterocycles. The van der Waals surface area contributed by atoms with Crippen molar-refractivity contribution < 1.29 is 14.3 Å². The molecule has 1 fully saturated rings. The van der Waals surface area contributed by atoms with Crippen LogP contribution in [0.3, 0.4) is 0 Å². The minimum absolute atomic E-state index is 0.00775. The maximum Gasteiger partial charge on any atom is 0.247 e. The van der Waals surface area contributed by atoms with Crippen molar-refractivity contribution in [2.24, 2.45) is 0 Å². The van der Waals surface area contributed by atoms with Crippen LogP contribution in [0.4, 0.5) is 0 Å². The van der Waals surface area contributed by atoms with Crippen molar-refractivity contribution in [2.75, 3.05) is 13.7 Å². The molecule has 0 saturated carbocycles. The third-order valence-electron chi connectivity index (χ3n) is 3.74. The van der Waals surface area contributed by atoms with Crippen LogP contribution in [0, 0.1) is 0 Å². The normalized spacial score (nSPS) is 15.5. The topological polar surface area (TPSA) is 47.6 Å². The number of methoxy groups -OCH3 is 1. The van der Waals surface area contributed by atoms with E-state index in [4.69, 9.17) is 9.47 Å². The van der Waals surface area contributed by atoms with Gasteiger partial charge in [-0.15, -0.1) is 0 Å². The van der Waals surface area contributed by atoms with E-state index in [-0.39, 0.29) is 5.91 Å². The summed E-state index contributed by atoms with van der Waals surface area (Å²) >= 11 is 0. The van der Waals surface area contributed by atoms with Gasteiger partial charge in [-0.3, -0.25) is 4.79 Å². The quantitative estimate of drug-likeness (QED) is 0.863. The summed E-state index contributed by atoms with van der Waals surface area (Å²) in [5, 5.41) is 2.81. The van der Waals surface area contributed by atoms with Crippen molar-refractivity contribution in [1.82, 2.24) is 5.32 Å². The Labute approximate surface area is 135 Å². The molecule has 23 heavy (non-hydrogen) atoms. The lowest BCUT2D eigenvalue weighted by molar-refractivity contribution is -0.116. The fourth-order valence-corrected chi connectivity index (χ4v) is 2.51. The number of carbonyl (C=O) groups is 1. The molecule has 0 atom stereocenters. The molecule has 0 radical (unpaired) electrons. The maximum atomic E-state index is 11.6. The summed E-state index contributed by atoms with van der Waals surface area (Å²) in [6, 6.07) is 15.7. The Kier molecular flexibility index (Phi) is 4.62. The highest BCUT2D eigenvalue weighted by Gasteiger charge is 2.16. The Hall–Kier alpha value is -2.75. The van der Waals surface area contributed by atoms with Crippen molar-refractivity contribution in [3.8, 4) is 11.5 Å². The van der Waals surface area contributed by atoms with Crippen LogP contribution in [0.5, 0.6) is 11.5 Å². The van der Waals surface area contributed by atoms with Crippen molar-refractivity contribution >= 4 is 12.0 Å². The lowest BCUT2D eigenvalue weighted by Gasteiger charge is -2.11. The molecule has 2 aromatic carbocycles. The van der Waals surface area contributed by atoms with Gasteiger partial charge in [0.2, 0.25) is 5.91 Å². The average Bonchev–Trinajstić information content (AvgIpc) is 2.99. The molecule has 0 bridgehead atoms. The highest BCUT2D eigenvalue weighted by atomic mass is 16.5. The number of nitrogens with one attached hydrogen (secondary N) is 1. The van der Waals surface area contributed by atoms with E-state index in [2.05, 4.69) is 5.32 Å². The second kappa shape index (κ2) is 7.01. The molecule has 1 aliphatic rings. The molecule has 1 N–H and O–H groups in total. The fraction of sp³-hybridized carbons (Fsp3) is 0.211. The van der Waals surface area contributed by atoms with Crippen molar-refractivity contribution in [1.29, 1.82) is 0 Å². The first-order valence-corrected chi connectivity index (χ1v) is 7.60. The minimum Gasteiger partial charge on any atom is -0.493 e. The molecule has 4 nitrogen and oxygen atoms in total. The second-order valence-corrected chi connectivity index (χ2v) is 5.36. The van der Waals surface area contributed by atoms with Gasteiger partial charge in [-0.05, 0) is 35.8 Å². The molecule has 1 heterocycles. The number of hydrogen-bond acceptors (Lipinski definition) is 3. The predicted molar refractivity (Wildman–Crippen MR) is 89.4 cm³/mol. The van der Waals surface area contributed by atoms with Gasteiger partial charge in [0.15, 0.2) is 11.5 Å². The van der Waals surface area contributed by atoms with Crippen LogP contribution < -0.4 is 14.8 Å². The summed E-state index contributed by atoms with van der Waals surface area (Å²) in [6.07, 6.45) is 2.65. The van der Waals surface area contributed by atoms with E-state index < -0.39 is 0 Å². The van der Waals surface area contributed by atoms with Gasteiger partial charge in [-0.2, -0.15) is 0 Å². The van der Waals surface area contributed by atoms with E-state index in [1.807, 2.05) is 54.6 Å². The summed E-state index contributed by atoms with van der Waals surface area (Å²) in [4.78, 5) is 11.6. The van der Waals surface area contributed by atoms with Gasteiger partial charge in [0.05, 0.1) is 7.11 Å². The number of benzene rings is 2. The van der Waals surface area contributed by atoms with Gasteiger partial charge in [-0.25, -0.2) is 0 Å². The van der Waals surface area contributed by atoms with Gasteiger partial charge in [0.1, 0.15) is 6.61 Å². The van der Waals surface area contributed by atoms with Gasteiger partial charge < -0.3 is 14.8 Å². The largest absolute Gasteiger partial charge is 0.493 e. The average molecular weight is 309 g/mol. The molecule has 0 aliphatic carbocycles. The third-order valence-corrected chi connectivity index (χ3v) is 3.74. The van der Waals surface area contributed by atoms with E-state index in [1.165, 1.54) is 0 Å². The summed E-state index contributed by atoms with van der Waals surface area (Å²) in [5.41, 5.74) is 2.83. The first-order valence-electron chi connectivity index (χ1n) is 7.60. The predicted octanol–water partition coefficient (Wildman–Crippen LogP) is 3.18. The van der Waals surface area contributed by atoms with Gasteiger partial charge in [0.25, 0.3) is 0 Å². The molecule has 0 unspecified atom stereocenters. The van der Waals surface area contributed by atoms with Crippen molar-refractivity contribution in [2.45, 2.75) is 13.0 Å². The van der Waals surface area contributed by atoms with Crippen LogP contribution in [-0.2, 0) is 11.4 Å². The second-order valence-electron chi connectivity index (χ2n) is 5.36. The van der Waals surface area contributed by atoms with E-state index in [1.54, 1.807) is 7.11 Å². The highest BCUT2D eigenvalue weighted by molar-refractivity contribution is 5.99. The molecule has 118 valence electrons. The summed E-state index contributed by atoms with van der Waals surface area (Å²) in [7, 11) is 1.61. The Morgan fingerprint density at radius 2 is 1.96 bits per heavy atom. The number of amides is 1. The number of ether oxygens (including phenoxy) is 2. The van der Waals surface area contributed by atoms with Crippen LogP contribution in [0.15, 0.2) is 54.1 Å². The van der Waals surface area contributed by atoms with Crippen molar-refractivity contribution in [3.63, 3.8) is 0 Å². The van der Waals surface area contributed by atoms with Crippen LogP contribution in [0.25, 0.3) is 6.08 Å². The smallest absolute Gasteiger partial charge is 0.247 e. The van der Waals surface area contributed by atoms with Gasteiger partial charge >= 0.3 is 0 Å². The number of rotatable bonds is 5. The summed E-state index contributed by atoms with van der Waals surface area (Å²) in [5.74, 6) is 1.36. The molecular formula is C19H19NO3. The summed E-state index contributed by atoms with van der Waals surface area (Å²) < 4.78 is 11.2. The molecular weight excluding hydrogens is 290 g/mol.